The van der Waals surface area contributed by atoms with Gasteiger partial charge in [-0.1, -0.05) is 0 Å². The van der Waals surface area contributed by atoms with E-state index in [0.29, 0.717) is 11.3 Å². The summed E-state index contributed by atoms with van der Waals surface area (Å²) in [5.41, 5.74) is 6.72. The van der Waals surface area contributed by atoms with Crippen molar-refractivity contribution in [2.24, 2.45) is 0 Å². The molecular weight excluding hydrogens is 213 g/mol. The third-order valence-electron chi connectivity index (χ3n) is 1.97. The molecule has 1 aromatic heterocycles. The van der Waals surface area contributed by atoms with Crippen LogP contribution in [0, 0.1) is 12.7 Å². The second kappa shape index (κ2) is 3.94. The van der Waals surface area contributed by atoms with Crippen LogP contribution in [0.1, 0.15) is 5.56 Å². The van der Waals surface area contributed by atoms with Crippen LogP contribution in [0.4, 0.5) is 10.1 Å². The molecule has 0 saturated carbocycles. The zero-order chi connectivity index (χ0) is 10.8. The van der Waals surface area contributed by atoms with Gasteiger partial charge in [0.25, 0.3) is 0 Å². The van der Waals surface area contributed by atoms with Gasteiger partial charge in [-0.3, -0.25) is 0 Å². The van der Waals surface area contributed by atoms with Crippen molar-refractivity contribution in [1.29, 1.82) is 0 Å². The number of halogens is 1. The van der Waals surface area contributed by atoms with Crippen LogP contribution in [0.3, 0.4) is 0 Å². The first kappa shape index (κ1) is 10.0. The average molecular weight is 223 g/mol. The highest BCUT2D eigenvalue weighted by atomic mass is 32.2. The molecule has 1 aromatic carbocycles. The quantitative estimate of drug-likeness (QED) is 0.769. The lowest BCUT2D eigenvalue weighted by molar-refractivity contribution is 0.618. The molecule has 0 saturated heterocycles. The molecule has 1 heterocycles. The topological polar surface area (TPSA) is 54.7 Å². The van der Waals surface area contributed by atoms with Crippen molar-refractivity contribution >= 4 is 17.4 Å². The molecule has 0 atom stereocenters. The van der Waals surface area contributed by atoms with Crippen LogP contribution in [0.15, 0.2) is 34.6 Å². The van der Waals surface area contributed by atoms with Crippen molar-refractivity contribution in [3.8, 4) is 0 Å². The number of benzene rings is 1. The lowest BCUT2D eigenvalue weighted by Crippen LogP contribution is -1.93. The van der Waals surface area contributed by atoms with Gasteiger partial charge in [0.05, 0.1) is 0 Å². The number of imidazole rings is 1. The number of nitrogens with one attached hydrogen (secondary N) is 1. The molecule has 2 aromatic rings. The summed E-state index contributed by atoms with van der Waals surface area (Å²) in [5, 5.41) is 0.743. The van der Waals surface area contributed by atoms with Crippen molar-refractivity contribution in [2.75, 3.05) is 5.73 Å². The van der Waals surface area contributed by atoms with Crippen LogP contribution < -0.4 is 5.73 Å². The van der Waals surface area contributed by atoms with Gasteiger partial charge in [-0.05, 0) is 36.4 Å². The molecule has 15 heavy (non-hydrogen) atoms. The third kappa shape index (κ3) is 2.12. The van der Waals surface area contributed by atoms with E-state index in [1.165, 1.54) is 17.8 Å². The van der Waals surface area contributed by atoms with Crippen molar-refractivity contribution in [3.05, 3.63) is 35.9 Å². The van der Waals surface area contributed by atoms with Crippen molar-refractivity contribution < 1.29 is 4.39 Å². The first-order valence-electron chi connectivity index (χ1n) is 4.39. The molecule has 0 radical (unpaired) electrons. The van der Waals surface area contributed by atoms with E-state index in [1.54, 1.807) is 25.4 Å². The number of aromatic amines is 1. The molecule has 5 heteroatoms. The fourth-order valence-electron chi connectivity index (χ4n) is 1.17. The Kier molecular flexibility index (Phi) is 2.64. The SMILES string of the molecule is Cc1cc(Sc2ncc[nH]2)c(N)cc1F. The van der Waals surface area contributed by atoms with Crippen LogP contribution in [-0.4, -0.2) is 9.97 Å². The maximum atomic E-state index is 13.1. The van der Waals surface area contributed by atoms with Crippen LogP contribution in [0.2, 0.25) is 0 Å². The lowest BCUT2D eigenvalue weighted by Gasteiger charge is -2.05. The molecule has 0 aliphatic carbocycles. The number of nitrogen functional groups attached to an aromatic ring is 1. The highest BCUT2D eigenvalue weighted by Gasteiger charge is 2.07. The first-order valence-corrected chi connectivity index (χ1v) is 5.21. The number of hydrogen-bond donors (Lipinski definition) is 2. The summed E-state index contributed by atoms with van der Waals surface area (Å²) >= 11 is 1.39. The molecule has 0 unspecified atom stereocenters. The van der Waals surface area contributed by atoms with E-state index in [1.807, 2.05) is 0 Å². The van der Waals surface area contributed by atoms with Gasteiger partial charge in [0.1, 0.15) is 5.82 Å². The van der Waals surface area contributed by atoms with Gasteiger partial charge in [0.15, 0.2) is 5.16 Å². The Hall–Kier alpha value is -1.49. The summed E-state index contributed by atoms with van der Waals surface area (Å²) in [6.45, 7) is 1.71. The minimum Gasteiger partial charge on any atom is -0.398 e. The molecule has 0 fully saturated rings. The fraction of sp³-hybridized carbons (Fsp3) is 0.100. The standard InChI is InChI=1S/C10H10FN3S/c1-6-4-9(8(12)5-7(6)11)15-10-13-2-3-14-10/h2-5H,12H2,1H3,(H,13,14). The molecule has 0 aliphatic rings. The fourth-order valence-corrected chi connectivity index (χ4v) is 2.03. The number of rotatable bonds is 2. The van der Waals surface area contributed by atoms with Crippen LogP contribution in [0.5, 0.6) is 0 Å². The predicted octanol–water partition coefficient (Wildman–Crippen LogP) is 2.59. The largest absolute Gasteiger partial charge is 0.398 e. The van der Waals surface area contributed by atoms with E-state index >= 15 is 0 Å². The summed E-state index contributed by atoms with van der Waals surface area (Å²) in [7, 11) is 0. The Bertz CT molecular complexity index is 468. The highest BCUT2D eigenvalue weighted by molar-refractivity contribution is 7.99. The second-order valence-corrected chi connectivity index (χ2v) is 4.17. The third-order valence-corrected chi connectivity index (χ3v) is 2.96. The summed E-state index contributed by atoms with van der Waals surface area (Å²) in [4.78, 5) is 7.82. The van der Waals surface area contributed by atoms with E-state index in [0.717, 1.165) is 10.1 Å². The second-order valence-electron chi connectivity index (χ2n) is 3.14. The zero-order valence-corrected chi connectivity index (χ0v) is 8.94. The van der Waals surface area contributed by atoms with Crippen LogP contribution >= 0.6 is 11.8 Å². The van der Waals surface area contributed by atoms with Gasteiger partial charge in [-0.2, -0.15) is 0 Å². The zero-order valence-electron chi connectivity index (χ0n) is 8.12. The van der Waals surface area contributed by atoms with E-state index in [9.17, 15) is 4.39 Å². The Morgan fingerprint density at radius 1 is 1.47 bits per heavy atom. The minimum atomic E-state index is -0.281. The summed E-state index contributed by atoms with van der Waals surface area (Å²) < 4.78 is 13.1. The van der Waals surface area contributed by atoms with E-state index in [4.69, 9.17) is 5.73 Å². The van der Waals surface area contributed by atoms with Gasteiger partial charge in [-0.15, -0.1) is 0 Å². The van der Waals surface area contributed by atoms with Crippen molar-refractivity contribution in [3.63, 3.8) is 0 Å². The van der Waals surface area contributed by atoms with Gasteiger partial charge < -0.3 is 10.7 Å². The monoisotopic (exact) mass is 223 g/mol. The number of aromatic nitrogens is 2. The van der Waals surface area contributed by atoms with E-state index < -0.39 is 0 Å². The molecule has 0 aliphatic heterocycles. The van der Waals surface area contributed by atoms with E-state index in [-0.39, 0.29) is 5.82 Å². The summed E-state index contributed by atoms with van der Waals surface area (Å²) in [6.07, 6.45) is 3.39. The number of anilines is 1. The number of nitrogens with two attached hydrogens (primary N) is 1. The van der Waals surface area contributed by atoms with Gasteiger partial charge in [0.2, 0.25) is 0 Å². The van der Waals surface area contributed by atoms with Crippen LogP contribution in [0.25, 0.3) is 0 Å². The number of nitrogens with zero attached hydrogens (tertiary/aromatic N) is 1. The molecule has 2 rings (SSSR count). The molecule has 0 amide bonds. The Morgan fingerprint density at radius 2 is 2.27 bits per heavy atom. The van der Waals surface area contributed by atoms with Crippen molar-refractivity contribution in [1.82, 2.24) is 9.97 Å². The Labute approximate surface area is 90.9 Å². The maximum absolute atomic E-state index is 13.1. The number of aryl methyl sites for hydroxylation is 1. The maximum Gasteiger partial charge on any atom is 0.170 e. The van der Waals surface area contributed by atoms with Gasteiger partial charge in [0, 0.05) is 23.0 Å². The first-order chi connectivity index (χ1) is 7.16. The molecule has 0 bridgehead atoms. The minimum absolute atomic E-state index is 0.281. The number of hydrogen-bond acceptors (Lipinski definition) is 3. The van der Waals surface area contributed by atoms with Crippen molar-refractivity contribution in [2.45, 2.75) is 17.0 Å². The molecule has 0 spiro atoms. The average Bonchev–Trinajstić information content (AvgIpc) is 2.67. The smallest absolute Gasteiger partial charge is 0.170 e. The van der Waals surface area contributed by atoms with Gasteiger partial charge >= 0.3 is 0 Å². The molecular formula is C10H10FN3S. The number of H-pyrrole nitrogens is 1. The molecule has 78 valence electrons. The molecule has 3 N–H and O–H groups in total. The summed E-state index contributed by atoms with van der Waals surface area (Å²) in [6, 6.07) is 3.05. The van der Waals surface area contributed by atoms with E-state index in [2.05, 4.69) is 9.97 Å². The lowest BCUT2D eigenvalue weighted by atomic mass is 10.2. The normalized spacial score (nSPS) is 10.5. The summed E-state index contributed by atoms with van der Waals surface area (Å²) in [5.74, 6) is -0.281. The molecule has 3 nitrogen and oxygen atoms in total. The predicted molar refractivity (Wildman–Crippen MR) is 58.3 cm³/mol. The Balaban J connectivity index is 2.33. The van der Waals surface area contributed by atoms with Gasteiger partial charge in [-0.25, -0.2) is 9.37 Å². The highest BCUT2D eigenvalue weighted by Crippen LogP contribution is 2.31. The van der Waals surface area contributed by atoms with Crippen LogP contribution in [-0.2, 0) is 0 Å². The Morgan fingerprint density at radius 3 is 2.93 bits per heavy atom.